The van der Waals surface area contributed by atoms with E-state index in [0.717, 1.165) is 5.56 Å². The molecule has 1 N–H and O–H groups in total. The Morgan fingerprint density at radius 3 is 2.55 bits per heavy atom. The van der Waals surface area contributed by atoms with E-state index in [0.29, 0.717) is 41.2 Å². The first-order chi connectivity index (χ1) is 13.9. The topological polar surface area (TPSA) is 93.6 Å². The first-order valence-corrected chi connectivity index (χ1v) is 9.13. The fourth-order valence-corrected chi connectivity index (χ4v) is 3.35. The quantitative estimate of drug-likeness (QED) is 0.642. The average molecular weight is 397 g/mol. The summed E-state index contributed by atoms with van der Waals surface area (Å²) in [6.07, 6.45) is 0. The minimum absolute atomic E-state index is 0.230. The van der Waals surface area contributed by atoms with Crippen molar-refractivity contribution in [3.63, 3.8) is 0 Å². The Balaban J connectivity index is 1.94. The number of fused-ring (bicyclic) bond motifs is 1. The lowest BCUT2D eigenvalue weighted by Crippen LogP contribution is -2.36. The zero-order chi connectivity index (χ0) is 21.1. The number of hydrogen-bond acceptors (Lipinski definition) is 5. The maximum Gasteiger partial charge on any atom is 0.316 e. The van der Waals surface area contributed by atoms with E-state index in [1.807, 2.05) is 12.1 Å². The SMILES string of the molecule is CCn1c(=O)c(=O)[nH]c2cc(C(=O)N(C)Cc3cccc(OC)c3OC)ccc21. The van der Waals surface area contributed by atoms with Crippen molar-refractivity contribution in [1.82, 2.24) is 14.5 Å². The van der Waals surface area contributed by atoms with Gasteiger partial charge in [0.1, 0.15) is 0 Å². The molecule has 0 spiro atoms. The van der Waals surface area contributed by atoms with Gasteiger partial charge in [-0.3, -0.25) is 14.4 Å². The van der Waals surface area contributed by atoms with Crippen LogP contribution in [0.2, 0.25) is 0 Å². The van der Waals surface area contributed by atoms with E-state index in [4.69, 9.17) is 9.47 Å². The highest BCUT2D eigenvalue weighted by molar-refractivity contribution is 5.97. The van der Waals surface area contributed by atoms with Crippen LogP contribution in [0.5, 0.6) is 11.5 Å². The van der Waals surface area contributed by atoms with Crippen LogP contribution in [0, 0.1) is 0 Å². The first-order valence-electron chi connectivity index (χ1n) is 9.13. The molecule has 1 aromatic heterocycles. The van der Waals surface area contributed by atoms with E-state index in [2.05, 4.69) is 4.98 Å². The molecule has 0 atom stereocenters. The van der Waals surface area contributed by atoms with Crippen molar-refractivity contribution in [3.8, 4) is 11.5 Å². The molecule has 1 heterocycles. The highest BCUT2D eigenvalue weighted by atomic mass is 16.5. The Kier molecular flexibility index (Phi) is 5.72. The Bertz CT molecular complexity index is 1180. The molecular weight excluding hydrogens is 374 g/mol. The van der Waals surface area contributed by atoms with E-state index in [1.54, 1.807) is 57.4 Å². The summed E-state index contributed by atoms with van der Waals surface area (Å²) in [6, 6.07) is 10.4. The number of para-hydroxylation sites is 1. The molecule has 0 aliphatic carbocycles. The number of nitrogens with zero attached hydrogens (tertiary/aromatic N) is 2. The van der Waals surface area contributed by atoms with Crippen molar-refractivity contribution in [3.05, 3.63) is 68.2 Å². The summed E-state index contributed by atoms with van der Waals surface area (Å²) < 4.78 is 12.1. The van der Waals surface area contributed by atoms with Gasteiger partial charge in [0.25, 0.3) is 5.91 Å². The van der Waals surface area contributed by atoms with Crippen LogP contribution in [0.3, 0.4) is 0 Å². The largest absolute Gasteiger partial charge is 0.493 e. The lowest BCUT2D eigenvalue weighted by molar-refractivity contribution is 0.0784. The van der Waals surface area contributed by atoms with Crippen LogP contribution in [0.15, 0.2) is 46.0 Å². The molecule has 29 heavy (non-hydrogen) atoms. The third-order valence-corrected chi connectivity index (χ3v) is 4.78. The van der Waals surface area contributed by atoms with Crippen molar-refractivity contribution in [1.29, 1.82) is 0 Å². The van der Waals surface area contributed by atoms with Gasteiger partial charge in [0.2, 0.25) is 0 Å². The molecule has 3 aromatic rings. The van der Waals surface area contributed by atoms with Crippen molar-refractivity contribution >= 4 is 16.9 Å². The second-order valence-corrected chi connectivity index (χ2v) is 6.55. The highest BCUT2D eigenvalue weighted by Crippen LogP contribution is 2.31. The van der Waals surface area contributed by atoms with Crippen molar-refractivity contribution < 1.29 is 14.3 Å². The molecule has 0 aliphatic heterocycles. The first kappa shape index (κ1) is 20.2. The monoisotopic (exact) mass is 397 g/mol. The van der Waals surface area contributed by atoms with Gasteiger partial charge in [-0.2, -0.15) is 0 Å². The predicted molar refractivity (Wildman–Crippen MR) is 110 cm³/mol. The van der Waals surface area contributed by atoms with E-state index in [9.17, 15) is 14.4 Å². The van der Waals surface area contributed by atoms with E-state index in [-0.39, 0.29) is 5.91 Å². The minimum atomic E-state index is -0.710. The molecule has 0 aliphatic rings. The number of hydrogen-bond donors (Lipinski definition) is 1. The van der Waals surface area contributed by atoms with Crippen LogP contribution in [0.1, 0.15) is 22.8 Å². The predicted octanol–water partition coefficient (Wildman–Crippen LogP) is 2.00. The van der Waals surface area contributed by atoms with E-state index >= 15 is 0 Å². The third kappa shape index (κ3) is 3.73. The lowest BCUT2D eigenvalue weighted by Gasteiger charge is -2.20. The van der Waals surface area contributed by atoms with Crippen molar-refractivity contribution in [2.24, 2.45) is 0 Å². The number of aromatic nitrogens is 2. The number of rotatable bonds is 6. The molecule has 0 fully saturated rings. The number of nitrogens with one attached hydrogen (secondary N) is 1. The van der Waals surface area contributed by atoms with Crippen LogP contribution in [0.4, 0.5) is 0 Å². The van der Waals surface area contributed by atoms with E-state index in [1.165, 1.54) is 4.57 Å². The summed E-state index contributed by atoms with van der Waals surface area (Å²) in [6.45, 7) is 2.46. The summed E-state index contributed by atoms with van der Waals surface area (Å²) in [7, 11) is 4.79. The van der Waals surface area contributed by atoms with Gasteiger partial charge < -0.3 is 23.9 Å². The normalized spacial score (nSPS) is 10.8. The van der Waals surface area contributed by atoms with Crippen molar-refractivity contribution in [2.75, 3.05) is 21.3 Å². The highest BCUT2D eigenvalue weighted by Gasteiger charge is 2.17. The summed E-state index contributed by atoms with van der Waals surface area (Å²) in [5.41, 5.74) is 0.899. The summed E-state index contributed by atoms with van der Waals surface area (Å²) in [5.74, 6) is 0.933. The number of benzene rings is 2. The average Bonchev–Trinajstić information content (AvgIpc) is 2.73. The number of amides is 1. The molecule has 0 radical (unpaired) electrons. The number of methoxy groups -OCH3 is 2. The fraction of sp³-hybridized carbons (Fsp3) is 0.286. The molecular formula is C21H23N3O5. The molecule has 3 rings (SSSR count). The maximum atomic E-state index is 12.9. The number of carbonyl (C=O) groups excluding carboxylic acids is 1. The van der Waals surface area contributed by atoms with Crippen LogP contribution < -0.4 is 20.6 Å². The maximum absolute atomic E-state index is 12.9. The second kappa shape index (κ2) is 8.22. The Hall–Kier alpha value is -3.55. The Morgan fingerprint density at radius 1 is 1.14 bits per heavy atom. The number of carbonyl (C=O) groups is 1. The van der Waals surface area contributed by atoms with Gasteiger partial charge in [-0.15, -0.1) is 0 Å². The molecule has 0 unspecified atom stereocenters. The van der Waals surface area contributed by atoms with Crippen molar-refractivity contribution in [2.45, 2.75) is 20.0 Å². The second-order valence-electron chi connectivity index (χ2n) is 6.55. The summed E-state index contributed by atoms with van der Waals surface area (Å²) >= 11 is 0. The fourth-order valence-electron chi connectivity index (χ4n) is 3.35. The summed E-state index contributed by atoms with van der Waals surface area (Å²) in [4.78, 5) is 40.9. The van der Waals surface area contributed by atoms with Gasteiger partial charge in [-0.1, -0.05) is 12.1 Å². The molecule has 1 amide bonds. The number of ether oxygens (including phenoxy) is 2. The number of H-pyrrole nitrogens is 1. The molecule has 0 saturated carbocycles. The molecule has 8 nitrogen and oxygen atoms in total. The third-order valence-electron chi connectivity index (χ3n) is 4.78. The Labute approximate surface area is 167 Å². The smallest absolute Gasteiger partial charge is 0.316 e. The van der Waals surface area contributed by atoms with E-state index < -0.39 is 11.1 Å². The van der Waals surface area contributed by atoms with Gasteiger partial charge in [-0.25, -0.2) is 0 Å². The molecule has 2 aromatic carbocycles. The number of aryl methyl sites for hydroxylation is 1. The number of aromatic amines is 1. The molecule has 0 bridgehead atoms. The Morgan fingerprint density at radius 2 is 1.90 bits per heavy atom. The zero-order valence-corrected chi connectivity index (χ0v) is 16.8. The van der Waals surface area contributed by atoms with Crippen LogP contribution in [-0.4, -0.2) is 41.6 Å². The summed E-state index contributed by atoms with van der Waals surface area (Å²) in [5, 5.41) is 0. The zero-order valence-electron chi connectivity index (χ0n) is 16.8. The van der Waals surface area contributed by atoms with Gasteiger partial charge in [0.05, 0.1) is 25.3 Å². The minimum Gasteiger partial charge on any atom is -0.493 e. The standard InChI is InChI=1S/C21H23N3O5/c1-5-24-16-10-9-13(11-15(16)22-19(25)21(24)27)20(26)23(2)12-14-7-6-8-17(28-3)18(14)29-4/h6-11H,5,12H2,1-4H3,(H,22,25). The van der Waals surface area contributed by atoms with Crippen LogP contribution in [-0.2, 0) is 13.1 Å². The van der Waals surface area contributed by atoms with Gasteiger partial charge in [0.15, 0.2) is 11.5 Å². The van der Waals surface area contributed by atoms with Gasteiger partial charge >= 0.3 is 11.1 Å². The molecule has 8 heteroatoms. The van der Waals surface area contributed by atoms with Crippen LogP contribution >= 0.6 is 0 Å². The lowest BCUT2D eigenvalue weighted by atomic mass is 10.1. The van der Waals surface area contributed by atoms with Gasteiger partial charge in [0, 0.05) is 31.3 Å². The molecule has 152 valence electrons. The van der Waals surface area contributed by atoms with Gasteiger partial charge in [-0.05, 0) is 31.2 Å². The molecule has 0 saturated heterocycles. The van der Waals surface area contributed by atoms with Crippen LogP contribution in [0.25, 0.3) is 11.0 Å².